The highest BCUT2D eigenvalue weighted by Crippen LogP contribution is 2.44. The monoisotopic (exact) mass is 770 g/mol. The molecule has 8 aromatic carbocycles. The summed E-state index contributed by atoms with van der Waals surface area (Å²) < 4.78 is 17.9. The van der Waals surface area contributed by atoms with Gasteiger partial charge in [0.05, 0.1) is 33.3 Å². The van der Waals surface area contributed by atoms with Crippen LogP contribution in [-0.4, -0.2) is 29.1 Å². The predicted molar refractivity (Wildman–Crippen MR) is 240 cm³/mol. The Labute approximate surface area is 341 Å². The van der Waals surface area contributed by atoms with Gasteiger partial charge < -0.3 is 13.4 Å². The summed E-state index contributed by atoms with van der Waals surface area (Å²) in [5.41, 5.74) is 10.4. The van der Waals surface area contributed by atoms with E-state index in [4.69, 9.17) is 28.8 Å². The average molecular weight is 771 g/mol. The number of oxazole rings is 1. The second-order valence-corrected chi connectivity index (χ2v) is 15.0. The maximum absolute atomic E-state index is 6.89. The standard InChI is InChI=1S/C52H30N6O2/c1-3-15-31(16-4-1)49-54-50(32-17-5-2-6-18-32)56-52(55-49)58-42-26-11-8-20-34(42)37-30-29-36-33-19-7-10-25-41(33)57(45(36)46(37)58)43-27-14-24-40-48(43)60-51(53-40)39-23-13-22-38-35-21-9-12-28-44(35)59-47(38)39/h1-30H. The molecular weight excluding hydrogens is 741 g/mol. The van der Waals surface area contributed by atoms with Gasteiger partial charge in [-0.15, -0.1) is 0 Å². The predicted octanol–water partition coefficient (Wildman–Crippen LogP) is 13.1. The molecule has 280 valence electrons. The van der Waals surface area contributed by atoms with E-state index in [1.807, 2.05) is 103 Å². The first-order valence-electron chi connectivity index (χ1n) is 19.9. The smallest absolute Gasteiger partial charge is 0.238 e. The molecule has 0 N–H and O–H groups in total. The zero-order chi connectivity index (χ0) is 39.3. The maximum Gasteiger partial charge on any atom is 0.238 e. The van der Waals surface area contributed by atoms with E-state index in [0.29, 0.717) is 29.1 Å². The van der Waals surface area contributed by atoms with Crippen LogP contribution in [0.5, 0.6) is 0 Å². The summed E-state index contributed by atoms with van der Waals surface area (Å²) in [4.78, 5) is 20.6. The summed E-state index contributed by atoms with van der Waals surface area (Å²) in [6.07, 6.45) is 0. The normalized spacial score (nSPS) is 12.0. The van der Waals surface area contributed by atoms with Gasteiger partial charge in [0.2, 0.25) is 11.8 Å². The Morgan fingerprint density at radius 2 is 0.933 bits per heavy atom. The second-order valence-electron chi connectivity index (χ2n) is 15.0. The zero-order valence-corrected chi connectivity index (χ0v) is 31.8. The van der Waals surface area contributed by atoms with Crippen molar-refractivity contribution >= 4 is 76.6 Å². The molecule has 0 radical (unpaired) electrons. The van der Waals surface area contributed by atoms with Gasteiger partial charge in [-0.3, -0.25) is 4.57 Å². The van der Waals surface area contributed by atoms with Gasteiger partial charge in [0.25, 0.3) is 0 Å². The van der Waals surface area contributed by atoms with Gasteiger partial charge in [0.1, 0.15) is 16.7 Å². The number of rotatable bonds is 5. The molecule has 5 aromatic heterocycles. The third-order valence-corrected chi connectivity index (χ3v) is 11.6. The van der Waals surface area contributed by atoms with Crippen molar-refractivity contribution in [1.29, 1.82) is 0 Å². The molecule has 8 heteroatoms. The van der Waals surface area contributed by atoms with E-state index in [2.05, 4.69) is 88.0 Å². The summed E-state index contributed by atoms with van der Waals surface area (Å²) >= 11 is 0. The highest BCUT2D eigenvalue weighted by atomic mass is 16.4. The molecule has 0 bridgehead atoms. The lowest BCUT2D eigenvalue weighted by Gasteiger charge is -2.13. The number of para-hydroxylation sites is 5. The molecule has 60 heavy (non-hydrogen) atoms. The van der Waals surface area contributed by atoms with E-state index in [1.54, 1.807) is 0 Å². The molecule has 0 saturated carbocycles. The van der Waals surface area contributed by atoms with E-state index in [-0.39, 0.29) is 0 Å². The topological polar surface area (TPSA) is 87.7 Å². The Morgan fingerprint density at radius 1 is 0.367 bits per heavy atom. The molecule has 8 nitrogen and oxygen atoms in total. The van der Waals surface area contributed by atoms with Crippen molar-refractivity contribution in [3.05, 3.63) is 182 Å². The SMILES string of the molecule is c1ccc(-c2nc(-c3ccccc3)nc(-n3c4ccccc4c4ccc5c6ccccc6n(-c6cccc7nc(-c8cccc9c8oc8ccccc89)oc67)c5c43)n2)cc1. The largest absolute Gasteiger partial charge is 0.455 e. The minimum absolute atomic E-state index is 0.495. The lowest BCUT2D eigenvalue weighted by molar-refractivity contribution is 0.613. The van der Waals surface area contributed by atoms with Crippen LogP contribution in [0.4, 0.5) is 0 Å². The van der Waals surface area contributed by atoms with Gasteiger partial charge in [0, 0.05) is 43.4 Å². The molecule has 0 fully saturated rings. The number of hydrogen-bond acceptors (Lipinski definition) is 6. The molecule has 0 spiro atoms. The van der Waals surface area contributed by atoms with Crippen LogP contribution in [0.15, 0.2) is 191 Å². The van der Waals surface area contributed by atoms with Gasteiger partial charge in [0.15, 0.2) is 17.2 Å². The Bertz CT molecular complexity index is 3780. The van der Waals surface area contributed by atoms with Crippen LogP contribution >= 0.6 is 0 Å². The quantitative estimate of drug-likeness (QED) is 0.173. The second kappa shape index (κ2) is 12.6. The third kappa shape index (κ3) is 4.73. The summed E-state index contributed by atoms with van der Waals surface area (Å²) in [5, 5.41) is 6.45. The molecule has 5 heterocycles. The van der Waals surface area contributed by atoms with Gasteiger partial charge in [-0.25, -0.2) is 9.97 Å². The van der Waals surface area contributed by atoms with Crippen LogP contribution in [0, 0.1) is 0 Å². The molecule has 0 saturated heterocycles. The molecule has 0 atom stereocenters. The fourth-order valence-electron chi connectivity index (χ4n) is 9.00. The van der Waals surface area contributed by atoms with Crippen LogP contribution in [0.2, 0.25) is 0 Å². The van der Waals surface area contributed by atoms with Crippen molar-refractivity contribution in [2.75, 3.05) is 0 Å². The van der Waals surface area contributed by atoms with Crippen LogP contribution in [-0.2, 0) is 0 Å². The van der Waals surface area contributed by atoms with Crippen molar-refractivity contribution in [2.45, 2.75) is 0 Å². The number of benzene rings is 8. The van der Waals surface area contributed by atoms with E-state index in [1.165, 1.54) is 0 Å². The van der Waals surface area contributed by atoms with Crippen LogP contribution in [0.1, 0.15) is 0 Å². The molecule has 0 aliphatic rings. The van der Waals surface area contributed by atoms with Crippen molar-refractivity contribution < 1.29 is 8.83 Å². The lowest BCUT2D eigenvalue weighted by Crippen LogP contribution is -2.07. The Hall–Kier alpha value is -8.36. The summed E-state index contributed by atoms with van der Waals surface area (Å²) in [7, 11) is 0. The van der Waals surface area contributed by atoms with Crippen LogP contribution < -0.4 is 0 Å². The molecule has 13 rings (SSSR count). The summed E-state index contributed by atoms with van der Waals surface area (Å²) in [6.45, 7) is 0. The molecule has 0 aliphatic heterocycles. The number of nitrogens with zero attached hydrogens (tertiary/aromatic N) is 6. The number of fused-ring (bicyclic) bond motifs is 11. The summed E-state index contributed by atoms with van der Waals surface area (Å²) in [5.74, 6) is 2.21. The lowest BCUT2D eigenvalue weighted by atomic mass is 10.1. The van der Waals surface area contributed by atoms with E-state index in [9.17, 15) is 0 Å². The fraction of sp³-hybridized carbons (Fsp3) is 0. The van der Waals surface area contributed by atoms with E-state index in [0.717, 1.165) is 93.4 Å². The molecule has 0 aliphatic carbocycles. The first kappa shape index (κ1) is 32.7. The van der Waals surface area contributed by atoms with Gasteiger partial charge >= 0.3 is 0 Å². The van der Waals surface area contributed by atoms with Crippen molar-refractivity contribution in [3.63, 3.8) is 0 Å². The van der Waals surface area contributed by atoms with Crippen molar-refractivity contribution in [2.24, 2.45) is 0 Å². The van der Waals surface area contributed by atoms with Gasteiger partial charge in [-0.05, 0) is 36.4 Å². The third-order valence-electron chi connectivity index (χ3n) is 11.6. The molecule has 0 unspecified atom stereocenters. The molecule has 13 aromatic rings. The number of aromatic nitrogens is 6. The Balaban J connectivity index is 1.13. The minimum atomic E-state index is 0.495. The highest BCUT2D eigenvalue weighted by Gasteiger charge is 2.25. The zero-order valence-electron chi connectivity index (χ0n) is 31.8. The fourth-order valence-corrected chi connectivity index (χ4v) is 9.00. The Morgan fingerprint density at radius 3 is 1.63 bits per heavy atom. The molecular formula is C52H30N6O2. The average Bonchev–Trinajstić information content (AvgIpc) is 4.09. The van der Waals surface area contributed by atoms with E-state index < -0.39 is 0 Å². The van der Waals surface area contributed by atoms with E-state index >= 15 is 0 Å². The number of hydrogen-bond donors (Lipinski definition) is 0. The first-order chi connectivity index (χ1) is 29.8. The van der Waals surface area contributed by atoms with Crippen LogP contribution in [0.25, 0.3) is 123 Å². The Kier molecular flexibility index (Phi) is 6.85. The summed E-state index contributed by atoms with van der Waals surface area (Å²) in [6, 6.07) is 62.1. The van der Waals surface area contributed by atoms with Crippen molar-refractivity contribution in [1.82, 2.24) is 29.1 Å². The maximum atomic E-state index is 6.89. The molecule has 0 amide bonds. The minimum Gasteiger partial charge on any atom is -0.455 e. The van der Waals surface area contributed by atoms with Crippen LogP contribution in [0.3, 0.4) is 0 Å². The number of furan rings is 1. The van der Waals surface area contributed by atoms with Gasteiger partial charge in [-0.1, -0.05) is 146 Å². The van der Waals surface area contributed by atoms with Crippen molar-refractivity contribution in [3.8, 4) is 45.9 Å². The first-order valence-corrected chi connectivity index (χ1v) is 19.9. The van der Waals surface area contributed by atoms with Gasteiger partial charge in [-0.2, -0.15) is 9.97 Å². The highest BCUT2D eigenvalue weighted by molar-refractivity contribution is 6.24.